The van der Waals surface area contributed by atoms with Crippen LogP contribution in [0.5, 0.6) is 0 Å². The minimum absolute atomic E-state index is 0.0155. The number of nitrogens with zero attached hydrogens (tertiary/aromatic N) is 2. The van der Waals surface area contributed by atoms with Crippen molar-refractivity contribution >= 4 is 22.9 Å². The van der Waals surface area contributed by atoms with Crippen LogP contribution in [0, 0.1) is 5.92 Å². The van der Waals surface area contributed by atoms with E-state index in [0.29, 0.717) is 11.5 Å². The maximum atomic E-state index is 12.8. The van der Waals surface area contributed by atoms with Crippen molar-refractivity contribution in [2.24, 2.45) is 5.92 Å². The van der Waals surface area contributed by atoms with E-state index < -0.39 is 5.97 Å². The van der Waals surface area contributed by atoms with Crippen molar-refractivity contribution in [2.45, 2.75) is 37.8 Å². The molecule has 1 aromatic heterocycles. The molecule has 4 N–H and O–H groups in total. The highest BCUT2D eigenvalue weighted by Gasteiger charge is 2.34. The number of carbonyl (C=O) groups is 2. The second kappa shape index (κ2) is 7.05. The van der Waals surface area contributed by atoms with Crippen molar-refractivity contribution in [1.29, 1.82) is 0 Å². The predicted octanol–water partition coefficient (Wildman–Crippen LogP) is 1.12. The largest absolute Gasteiger partial charge is 0.481 e. The summed E-state index contributed by atoms with van der Waals surface area (Å²) in [7, 11) is 0. The number of hydrazine groups is 1. The molecule has 2 aromatic rings. The zero-order valence-electron chi connectivity index (χ0n) is 14.4. The standard InChI is InChI=1S/C18H23N5O3/c24-17(25)9-13-8-15(22-21-13)11-3-5-23(6-4-11)18(26)12-1-2-14-16(7-12)20-10-19-14/h1-2,7,10-11,13,15,21-22H,3-6,8-9H2,(H,19,20)(H,24,25). The third-order valence-electron chi connectivity index (χ3n) is 5.50. The highest BCUT2D eigenvalue weighted by Crippen LogP contribution is 2.27. The van der Waals surface area contributed by atoms with Crippen LogP contribution in [0.15, 0.2) is 24.5 Å². The first kappa shape index (κ1) is 17.0. The van der Waals surface area contributed by atoms with E-state index in [9.17, 15) is 9.59 Å². The van der Waals surface area contributed by atoms with Crippen LogP contribution in [0.2, 0.25) is 0 Å². The van der Waals surface area contributed by atoms with Gasteiger partial charge in [-0.05, 0) is 43.4 Å². The summed E-state index contributed by atoms with van der Waals surface area (Å²) in [5, 5.41) is 8.91. The summed E-state index contributed by atoms with van der Waals surface area (Å²) in [5.41, 5.74) is 8.75. The zero-order chi connectivity index (χ0) is 18.1. The van der Waals surface area contributed by atoms with Gasteiger partial charge in [-0.1, -0.05) is 0 Å². The normalized spacial score (nSPS) is 24.2. The SMILES string of the molecule is O=C(O)CC1CC(C2CCN(C(=O)c3ccc4nc[nH]c4c3)CC2)NN1. The molecule has 8 heteroatoms. The smallest absolute Gasteiger partial charge is 0.304 e. The fraction of sp³-hybridized carbons (Fsp3) is 0.500. The quantitative estimate of drug-likeness (QED) is 0.653. The van der Waals surface area contributed by atoms with Crippen LogP contribution in [-0.4, -0.2) is 57.0 Å². The van der Waals surface area contributed by atoms with Crippen molar-refractivity contribution in [3.05, 3.63) is 30.1 Å². The van der Waals surface area contributed by atoms with E-state index in [1.807, 2.05) is 23.1 Å². The van der Waals surface area contributed by atoms with E-state index in [1.165, 1.54) is 0 Å². The maximum Gasteiger partial charge on any atom is 0.304 e. The molecule has 138 valence electrons. The predicted molar refractivity (Wildman–Crippen MR) is 95.4 cm³/mol. The topological polar surface area (TPSA) is 110 Å². The molecular weight excluding hydrogens is 334 g/mol. The lowest BCUT2D eigenvalue weighted by atomic mass is 9.87. The van der Waals surface area contributed by atoms with E-state index in [0.717, 1.165) is 43.4 Å². The number of carbonyl (C=O) groups excluding carboxylic acids is 1. The summed E-state index contributed by atoms with van der Waals surface area (Å²) >= 11 is 0. The summed E-state index contributed by atoms with van der Waals surface area (Å²) < 4.78 is 0. The van der Waals surface area contributed by atoms with Gasteiger partial charge in [0.1, 0.15) is 0 Å². The first-order valence-electron chi connectivity index (χ1n) is 9.05. The number of carboxylic acids is 1. The van der Waals surface area contributed by atoms with Crippen LogP contribution in [0.3, 0.4) is 0 Å². The number of benzene rings is 1. The lowest BCUT2D eigenvalue weighted by molar-refractivity contribution is -0.137. The lowest BCUT2D eigenvalue weighted by Gasteiger charge is -2.34. The number of H-pyrrole nitrogens is 1. The van der Waals surface area contributed by atoms with Gasteiger partial charge in [0.15, 0.2) is 0 Å². The molecule has 8 nitrogen and oxygen atoms in total. The number of imidazole rings is 1. The fourth-order valence-electron chi connectivity index (χ4n) is 4.06. The van der Waals surface area contributed by atoms with E-state index >= 15 is 0 Å². The minimum atomic E-state index is -0.778. The molecule has 0 bridgehead atoms. The van der Waals surface area contributed by atoms with Crippen LogP contribution in [-0.2, 0) is 4.79 Å². The highest BCUT2D eigenvalue weighted by atomic mass is 16.4. The Balaban J connectivity index is 1.33. The number of amides is 1. The summed E-state index contributed by atoms with van der Waals surface area (Å²) in [6.07, 6.45) is 4.44. The van der Waals surface area contributed by atoms with Gasteiger partial charge in [0, 0.05) is 30.7 Å². The van der Waals surface area contributed by atoms with Crippen LogP contribution < -0.4 is 10.9 Å². The molecule has 1 aromatic carbocycles. The molecule has 2 aliphatic rings. The first-order chi connectivity index (χ1) is 12.6. The molecule has 2 unspecified atom stereocenters. The van der Waals surface area contributed by atoms with Crippen LogP contribution in [0.1, 0.15) is 36.0 Å². The van der Waals surface area contributed by atoms with E-state index in [-0.39, 0.29) is 24.4 Å². The zero-order valence-corrected chi connectivity index (χ0v) is 14.4. The number of hydrogen-bond acceptors (Lipinski definition) is 5. The first-order valence-corrected chi connectivity index (χ1v) is 9.05. The van der Waals surface area contributed by atoms with Crippen molar-refractivity contribution in [3.8, 4) is 0 Å². The summed E-state index contributed by atoms with van der Waals surface area (Å²) in [6, 6.07) is 5.81. The summed E-state index contributed by atoms with van der Waals surface area (Å²) in [6.45, 7) is 1.46. The molecule has 0 spiro atoms. The Morgan fingerprint density at radius 2 is 2.04 bits per heavy atom. The number of aromatic nitrogens is 2. The molecule has 2 saturated heterocycles. The second-order valence-electron chi connectivity index (χ2n) is 7.19. The Bertz CT molecular complexity index is 812. The summed E-state index contributed by atoms with van der Waals surface area (Å²) in [5.74, 6) is -0.263. The third-order valence-corrected chi connectivity index (χ3v) is 5.50. The molecule has 0 aliphatic carbocycles. The van der Waals surface area contributed by atoms with Crippen LogP contribution in [0.4, 0.5) is 0 Å². The second-order valence-corrected chi connectivity index (χ2v) is 7.19. The van der Waals surface area contributed by atoms with Crippen molar-refractivity contribution in [1.82, 2.24) is 25.7 Å². The number of hydrogen-bond donors (Lipinski definition) is 4. The van der Waals surface area contributed by atoms with Gasteiger partial charge in [0.25, 0.3) is 5.91 Å². The average Bonchev–Trinajstić information content (AvgIpc) is 3.29. The molecule has 4 rings (SSSR count). The molecule has 1 amide bonds. The number of likely N-dealkylation sites (tertiary alicyclic amines) is 1. The molecule has 0 radical (unpaired) electrons. The minimum Gasteiger partial charge on any atom is -0.481 e. The molecule has 2 aliphatic heterocycles. The van der Waals surface area contributed by atoms with Crippen LogP contribution >= 0.6 is 0 Å². The Labute approximate surface area is 150 Å². The molecule has 0 saturated carbocycles. The van der Waals surface area contributed by atoms with Gasteiger partial charge in [0.05, 0.1) is 23.8 Å². The number of rotatable bonds is 4. The van der Waals surface area contributed by atoms with Crippen molar-refractivity contribution < 1.29 is 14.7 Å². The van der Waals surface area contributed by atoms with Crippen LogP contribution in [0.25, 0.3) is 11.0 Å². The average molecular weight is 357 g/mol. The molecule has 26 heavy (non-hydrogen) atoms. The Kier molecular flexibility index (Phi) is 4.60. The van der Waals surface area contributed by atoms with Gasteiger partial charge < -0.3 is 15.0 Å². The van der Waals surface area contributed by atoms with Gasteiger partial charge >= 0.3 is 5.97 Å². The molecule has 2 atom stereocenters. The summed E-state index contributed by atoms with van der Waals surface area (Å²) in [4.78, 5) is 32.7. The molecule has 3 heterocycles. The van der Waals surface area contributed by atoms with Gasteiger partial charge in [-0.2, -0.15) is 0 Å². The highest BCUT2D eigenvalue weighted by molar-refractivity contribution is 5.97. The van der Waals surface area contributed by atoms with E-state index in [1.54, 1.807) is 6.33 Å². The van der Waals surface area contributed by atoms with E-state index in [2.05, 4.69) is 20.8 Å². The van der Waals surface area contributed by atoms with Gasteiger partial charge in [-0.3, -0.25) is 20.4 Å². The number of aromatic amines is 1. The monoisotopic (exact) mass is 357 g/mol. The Morgan fingerprint density at radius 1 is 1.23 bits per heavy atom. The van der Waals surface area contributed by atoms with Crippen molar-refractivity contribution in [3.63, 3.8) is 0 Å². The van der Waals surface area contributed by atoms with Gasteiger partial charge in [-0.15, -0.1) is 0 Å². The Morgan fingerprint density at radius 3 is 2.81 bits per heavy atom. The lowest BCUT2D eigenvalue weighted by Crippen LogP contribution is -2.44. The van der Waals surface area contributed by atoms with Crippen molar-refractivity contribution in [2.75, 3.05) is 13.1 Å². The Hall–Kier alpha value is -2.45. The number of piperidine rings is 1. The number of nitrogens with one attached hydrogen (secondary N) is 3. The van der Waals surface area contributed by atoms with E-state index in [4.69, 9.17) is 5.11 Å². The number of aliphatic carboxylic acids is 1. The number of carboxylic acid groups (broad SMARTS) is 1. The third kappa shape index (κ3) is 3.42. The fourth-order valence-corrected chi connectivity index (χ4v) is 4.06. The maximum absolute atomic E-state index is 12.8. The van der Waals surface area contributed by atoms with Gasteiger partial charge in [0.2, 0.25) is 0 Å². The van der Waals surface area contributed by atoms with Gasteiger partial charge in [-0.25, -0.2) is 4.98 Å². The molecular formula is C18H23N5O3. The molecule has 2 fully saturated rings. The number of fused-ring (bicyclic) bond motifs is 1.